The third kappa shape index (κ3) is 4.58. The van der Waals surface area contributed by atoms with Crippen molar-refractivity contribution >= 4 is 29.9 Å². The van der Waals surface area contributed by atoms with Crippen LogP contribution in [0.15, 0.2) is 4.99 Å². The Kier molecular flexibility index (Phi) is 7.61. The van der Waals surface area contributed by atoms with Gasteiger partial charge in [0.2, 0.25) is 0 Å². The molecule has 1 aliphatic rings. The third-order valence-electron chi connectivity index (χ3n) is 4.14. The van der Waals surface area contributed by atoms with Crippen LogP contribution in [-0.2, 0) is 13.6 Å². The highest BCUT2D eigenvalue weighted by atomic mass is 127. The quantitative estimate of drug-likeness (QED) is 0.442. The van der Waals surface area contributed by atoms with E-state index in [4.69, 9.17) is 4.99 Å². The van der Waals surface area contributed by atoms with E-state index in [9.17, 15) is 5.11 Å². The van der Waals surface area contributed by atoms with Crippen molar-refractivity contribution in [2.24, 2.45) is 12.0 Å². The first-order valence-corrected chi connectivity index (χ1v) is 7.73. The number of aromatic nitrogens is 2. The van der Waals surface area contributed by atoms with Crippen LogP contribution in [0.3, 0.4) is 0 Å². The number of piperidine rings is 1. The number of rotatable bonds is 3. The number of aryl methyl sites for hydroxylation is 2. The molecule has 0 aromatic carbocycles. The Bertz CT molecular complexity index is 506. The van der Waals surface area contributed by atoms with E-state index >= 15 is 0 Å². The van der Waals surface area contributed by atoms with Gasteiger partial charge in [-0.15, -0.1) is 24.0 Å². The molecule has 0 bridgehead atoms. The van der Waals surface area contributed by atoms with Gasteiger partial charge < -0.3 is 15.3 Å². The highest BCUT2D eigenvalue weighted by molar-refractivity contribution is 14.0. The number of nitrogens with zero attached hydrogens (tertiary/aromatic N) is 4. The SMILES string of the molecule is CCNC(=NCc1c(C)nn(C)c1C)N1CCC(O)CC1.I. The van der Waals surface area contributed by atoms with E-state index in [1.807, 2.05) is 18.7 Å². The van der Waals surface area contributed by atoms with Gasteiger partial charge in [-0.05, 0) is 33.6 Å². The fourth-order valence-corrected chi connectivity index (χ4v) is 2.70. The standard InChI is InChI=1S/C15H27N5O.HI/c1-5-16-15(20-8-6-13(21)7-9-20)17-10-14-11(2)18-19(4)12(14)3;/h13,21H,5-10H2,1-4H3,(H,16,17);1H. The summed E-state index contributed by atoms with van der Waals surface area (Å²) in [7, 11) is 1.97. The molecule has 2 heterocycles. The van der Waals surface area contributed by atoms with Gasteiger partial charge in [0.15, 0.2) is 5.96 Å². The van der Waals surface area contributed by atoms with Crippen LogP contribution < -0.4 is 5.32 Å². The molecule has 7 heteroatoms. The first-order chi connectivity index (χ1) is 10.0. The Hall–Kier alpha value is -0.830. The van der Waals surface area contributed by atoms with Crippen molar-refractivity contribution in [3.63, 3.8) is 0 Å². The van der Waals surface area contributed by atoms with E-state index in [1.165, 1.54) is 11.3 Å². The summed E-state index contributed by atoms with van der Waals surface area (Å²) >= 11 is 0. The summed E-state index contributed by atoms with van der Waals surface area (Å²) in [5, 5.41) is 17.4. The molecule has 6 nitrogen and oxygen atoms in total. The van der Waals surface area contributed by atoms with Gasteiger partial charge in [0, 0.05) is 37.9 Å². The average Bonchev–Trinajstić information content (AvgIpc) is 2.70. The van der Waals surface area contributed by atoms with Gasteiger partial charge in [-0.3, -0.25) is 4.68 Å². The van der Waals surface area contributed by atoms with Crippen molar-refractivity contribution in [2.75, 3.05) is 19.6 Å². The fourth-order valence-electron chi connectivity index (χ4n) is 2.70. The Morgan fingerprint density at radius 3 is 2.50 bits per heavy atom. The predicted octanol–water partition coefficient (Wildman–Crippen LogP) is 1.58. The molecule has 0 atom stereocenters. The molecule has 0 spiro atoms. The lowest BCUT2D eigenvalue weighted by Gasteiger charge is -2.32. The highest BCUT2D eigenvalue weighted by Gasteiger charge is 2.19. The molecule has 1 aromatic heterocycles. The molecule has 22 heavy (non-hydrogen) atoms. The number of halogens is 1. The van der Waals surface area contributed by atoms with Crippen LogP contribution in [0.1, 0.15) is 36.7 Å². The summed E-state index contributed by atoms with van der Waals surface area (Å²) in [6.07, 6.45) is 1.47. The molecule has 0 saturated carbocycles. The van der Waals surface area contributed by atoms with E-state index in [1.54, 1.807) is 0 Å². The van der Waals surface area contributed by atoms with Gasteiger partial charge in [-0.25, -0.2) is 4.99 Å². The average molecular weight is 421 g/mol. The second-order valence-electron chi connectivity index (χ2n) is 5.66. The minimum absolute atomic E-state index is 0. The highest BCUT2D eigenvalue weighted by Crippen LogP contribution is 2.14. The molecular weight excluding hydrogens is 393 g/mol. The molecular formula is C15H28IN5O. The number of guanidine groups is 1. The van der Waals surface area contributed by atoms with E-state index in [0.29, 0.717) is 6.54 Å². The van der Waals surface area contributed by atoms with Crippen molar-refractivity contribution in [1.82, 2.24) is 20.0 Å². The zero-order chi connectivity index (χ0) is 15.4. The maximum atomic E-state index is 9.62. The van der Waals surface area contributed by atoms with E-state index in [2.05, 4.69) is 29.2 Å². The second kappa shape index (κ2) is 8.71. The number of aliphatic hydroxyl groups is 1. The predicted molar refractivity (Wildman–Crippen MR) is 99.7 cm³/mol. The topological polar surface area (TPSA) is 65.7 Å². The summed E-state index contributed by atoms with van der Waals surface area (Å²) < 4.78 is 1.91. The van der Waals surface area contributed by atoms with Gasteiger partial charge >= 0.3 is 0 Å². The zero-order valence-electron chi connectivity index (χ0n) is 14.0. The summed E-state index contributed by atoms with van der Waals surface area (Å²) in [5.74, 6) is 0.937. The molecule has 0 unspecified atom stereocenters. The number of hydrogen-bond acceptors (Lipinski definition) is 3. The molecule has 0 radical (unpaired) electrons. The number of likely N-dealkylation sites (tertiary alicyclic amines) is 1. The molecule has 1 aliphatic heterocycles. The normalized spacial score (nSPS) is 16.6. The van der Waals surface area contributed by atoms with Crippen LogP contribution in [0.4, 0.5) is 0 Å². The Morgan fingerprint density at radius 1 is 1.36 bits per heavy atom. The van der Waals surface area contributed by atoms with Crippen LogP contribution in [0.25, 0.3) is 0 Å². The van der Waals surface area contributed by atoms with Crippen LogP contribution in [0.5, 0.6) is 0 Å². The van der Waals surface area contributed by atoms with Crippen molar-refractivity contribution in [1.29, 1.82) is 0 Å². The van der Waals surface area contributed by atoms with Gasteiger partial charge in [-0.1, -0.05) is 0 Å². The van der Waals surface area contributed by atoms with Crippen LogP contribution >= 0.6 is 24.0 Å². The summed E-state index contributed by atoms with van der Waals surface area (Å²) in [6, 6.07) is 0. The molecule has 0 aliphatic carbocycles. The van der Waals surface area contributed by atoms with E-state index in [-0.39, 0.29) is 30.1 Å². The van der Waals surface area contributed by atoms with E-state index < -0.39 is 0 Å². The van der Waals surface area contributed by atoms with Crippen LogP contribution in [0.2, 0.25) is 0 Å². The van der Waals surface area contributed by atoms with E-state index in [0.717, 1.165) is 44.1 Å². The summed E-state index contributed by atoms with van der Waals surface area (Å²) in [4.78, 5) is 7.00. The third-order valence-corrected chi connectivity index (χ3v) is 4.14. The molecule has 1 aromatic rings. The maximum absolute atomic E-state index is 9.62. The molecule has 0 amide bonds. The molecule has 126 valence electrons. The van der Waals surface area contributed by atoms with Crippen molar-refractivity contribution in [2.45, 2.75) is 46.3 Å². The van der Waals surface area contributed by atoms with Crippen molar-refractivity contribution in [3.05, 3.63) is 17.0 Å². The van der Waals surface area contributed by atoms with Gasteiger partial charge in [0.1, 0.15) is 0 Å². The smallest absolute Gasteiger partial charge is 0.194 e. The first-order valence-electron chi connectivity index (χ1n) is 7.73. The maximum Gasteiger partial charge on any atom is 0.194 e. The Balaban J connectivity index is 0.00000242. The number of nitrogens with one attached hydrogen (secondary N) is 1. The Morgan fingerprint density at radius 2 is 2.00 bits per heavy atom. The lowest BCUT2D eigenvalue weighted by atomic mass is 10.1. The molecule has 2 N–H and O–H groups in total. The first kappa shape index (κ1) is 19.2. The van der Waals surface area contributed by atoms with Crippen LogP contribution in [0, 0.1) is 13.8 Å². The second-order valence-corrected chi connectivity index (χ2v) is 5.66. The van der Waals surface area contributed by atoms with Gasteiger partial charge in [0.25, 0.3) is 0 Å². The monoisotopic (exact) mass is 421 g/mol. The largest absolute Gasteiger partial charge is 0.393 e. The minimum atomic E-state index is -0.160. The van der Waals surface area contributed by atoms with Crippen molar-refractivity contribution < 1.29 is 5.11 Å². The summed E-state index contributed by atoms with van der Waals surface area (Å²) in [6.45, 7) is 9.40. The number of hydrogen-bond donors (Lipinski definition) is 2. The number of aliphatic imine (C=N–C) groups is 1. The summed E-state index contributed by atoms with van der Waals surface area (Å²) in [5.41, 5.74) is 3.41. The lowest BCUT2D eigenvalue weighted by Crippen LogP contribution is -2.46. The van der Waals surface area contributed by atoms with Crippen molar-refractivity contribution in [3.8, 4) is 0 Å². The zero-order valence-corrected chi connectivity index (χ0v) is 16.3. The van der Waals surface area contributed by atoms with Gasteiger partial charge in [-0.2, -0.15) is 5.10 Å². The molecule has 1 fully saturated rings. The lowest BCUT2D eigenvalue weighted by molar-refractivity contribution is 0.108. The molecule has 1 saturated heterocycles. The Labute approximate surface area is 150 Å². The number of aliphatic hydroxyl groups excluding tert-OH is 1. The minimum Gasteiger partial charge on any atom is -0.393 e. The van der Waals surface area contributed by atoms with Gasteiger partial charge in [0.05, 0.1) is 18.3 Å². The molecule has 2 rings (SSSR count). The van der Waals surface area contributed by atoms with Crippen LogP contribution in [-0.4, -0.2) is 51.5 Å². The fraction of sp³-hybridized carbons (Fsp3) is 0.733.